The van der Waals surface area contributed by atoms with Gasteiger partial charge in [-0.2, -0.15) is 0 Å². The summed E-state index contributed by atoms with van der Waals surface area (Å²) in [5.41, 5.74) is 3.22. The number of nitrogens with zero attached hydrogens (tertiary/aromatic N) is 7. The van der Waals surface area contributed by atoms with E-state index in [1.807, 2.05) is 31.3 Å². The maximum Gasteiger partial charge on any atom is 0.258 e. The third kappa shape index (κ3) is 3.23. The molecule has 9 heteroatoms. The average molecular weight is 390 g/mol. The van der Waals surface area contributed by atoms with Gasteiger partial charge in [-0.3, -0.25) is 9.20 Å². The highest BCUT2D eigenvalue weighted by atomic mass is 16.1. The van der Waals surface area contributed by atoms with Crippen molar-refractivity contribution in [3.8, 4) is 11.4 Å². The summed E-state index contributed by atoms with van der Waals surface area (Å²) in [5.74, 6) is 0.644. The lowest BCUT2D eigenvalue weighted by Gasteiger charge is -2.37. The predicted octanol–water partition coefficient (Wildman–Crippen LogP) is 1.29. The van der Waals surface area contributed by atoms with Crippen molar-refractivity contribution >= 4 is 17.0 Å². The van der Waals surface area contributed by atoms with E-state index in [1.165, 1.54) is 10.7 Å². The van der Waals surface area contributed by atoms with Crippen LogP contribution in [0.3, 0.4) is 0 Å². The summed E-state index contributed by atoms with van der Waals surface area (Å²) in [5, 5.41) is 12.2. The van der Waals surface area contributed by atoms with Crippen LogP contribution in [0.25, 0.3) is 22.7 Å². The van der Waals surface area contributed by atoms with Crippen molar-refractivity contribution in [2.24, 2.45) is 0 Å². The van der Waals surface area contributed by atoms with Crippen LogP contribution in [0.4, 0.5) is 5.69 Å². The normalized spacial score (nSPS) is 19.9. The van der Waals surface area contributed by atoms with E-state index in [9.17, 15) is 4.79 Å². The maximum absolute atomic E-state index is 12.8. The van der Waals surface area contributed by atoms with E-state index in [4.69, 9.17) is 0 Å². The number of aryl methyl sites for hydroxylation is 1. The third-order valence-corrected chi connectivity index (χ3v) is 5.14. The molecule has 0 radical (unpaired) electrons. The average Bonchev–Trinajstić information content (AvgIpc) is 3.06. The zero-order valence-corrected chi connectivity index (χ0v) is 16.6. The molecule has 1 aliphatic rings. The molecule has 29 heavy (non-hydrogen) atoms. The van der Waals surface area contributed by atoms with Crippen LogP contribution in [0, 0.1) is 6.92 Å². The summed E-state index contributed by atoms with van der Waals surface area (Å²) in [4.78, 5) is 24.1. The van der Waals surface area contributed by atoms with Crippen molar-refractivity contribution in [2.75, 3.05) is 18.0 Å². The molecule has 0 aliphatic carbocycles. The van der Waals surface area contributed by atoms with E-state index in [1.54, 1.807) is 10.5 Å². The molecule has 5 rings (SSSR count). The first-order chi connectivity index (χ1) is 14.0. The van der Waals surface area contributed by atoms with Gasteiger partial charge < -0.3 is 10.2 Å². The zero-order chi connectivity index (χ0) is 20.1. The quantitative estimate of drug-likeness (QED) is 0.551. The Morgan fingerprint density at radius 3 is 2.52 bits per heavy atom. The Hall–Kier alpha value is -3.33. The fourth-order valence-electron chi connectivity index (χ4n) is 3.97. The number of fused-ring (bicyclic) bond motifs is 2. The first-order valence-corrected chi connectivity index (χ1v) is 9.72. The van der Waals surface area contributed by atoms with Gasteiger partial charge in [0.25, 0.3) is 5.56 Å². The van der Waals surface area contributed by atoms with Crippen molar-refractivity contribution in [3.05, 3.63) is 52.7 Å². The van der Waals surface area contributed by atoms with Gasteiger partial charge in [-0.1, -0.05) is 0 Å². The van der Waals surface area contributed by atoms with Crippen LogP contribution in [-0.2, 0) is 0 Å². The van der Waals surface area contributed by atoms with E-state index in [-0.39, 0.29) is 5.56 Å². The second kappa shape index (κ2) is 6.63. The summed E-state index contributed by atoms with van der Waals surface area (Å²) in [6.45, 7) is 7.95. The Labute approximate surface area is 167 Å². The fraction of sp³-hybridized carbons (Fsp3) is 0.350. The van der Waals surface area contributed by atoms with Crippen LogP contribution < -0.4 is 15.8 Å². The molecule has 0 spiro atoms. The summed E-state index contributed by atoms with van der Waals surface area (Å²) in [6, 6.07) is 9.84. The van der Waals surface area contributed by atoms with Gasteiger partial charge >= 0.3 is 0 Å². The molecule has 148 valence electrons. The van der Waals surface area contributed by atoms with E-state index in [2.05, 4.69) is 44.2 Å². The van der Waals surface area contributed by atoms with E-state index in [0.717, 1.165) is 18.8 Å². The minimum atomic E-state index is -0.139. The van der Waals surface area contributed by atoms with Gasteiger partial charge in [0.15, 0.2) is 5.65 Å². The third-order valence-electron chi connectivity index (χ3n) is 5.14. The lowest BCUT2D eigenvalue weighted by atomic mass is 10.1. The fourth-order valence-corrected chi connectivity index (χ4v) is 3.97. The number of nitrogens with one attached hydrogen (secondary N) is 1. The molecular weight excluding hydrogens is 368 g/mol. The van der Waals surface area contributed by atoms with Crippen molar-refractivity contribution in [1.29, 1.82) is 0 Å². The summed E-state index contributed by atoms with van der Waals surface area (Å²) in [7, 11) is 0. The van der Waals surface area contributed by atoms with Gasteiger partial charge in [0, 0.05) is 37.4 Å². The first kappa shape index (κ1) is 17.7. The molecule has 0 amide bonds. The Morgan fingerprint density at radius 1 is 0.966 bits per heavy atom. The molecule has 4 aromatic heterocycles. The highest BCUT2D eigenvalue weighted by Gasteiger charge is 2.21. The van der Waals surface area contributed by atoms with Gasteiger partial charge in [0.05, 0.1) is 11.4 Å². The largest absolute Gasteiger partial charge is 0.367 e. The topological polar surface area (TPSA) is 92.7 Å². The second-order valence-corrected chi connectivity index (χ2v) is 7.69. The SMILES string of the molecule is Cc1nc2ccc(-c3cc(=O)n4cc(N5CC(C)N[C@@H](C)C5)ccc4n3)nn2n1. The van der Waals surface area contributed by atoms with Gasteiger partial charge in [-0.25, -0.2) is 9.97 Å². The standard InChI is InChI=1S/C20H22N8O/c1-12-9-26(10-13(2)21-12)15-4-6-18-23-17(8-20(29)27(18)11-15)16-5-7-19-22-14(3)24-28(19)25-16/h4-8,11-13,21H,9-10H2,1-3H3/t12-,13?/m0/s1. The molecule has 0 saturated carbocycles. The number of hydrogen-bond donors (Lipinski definition) is 1. The lowest BCUT2D eigenvalue weighted by molar-refractivity contribution is 0.407. The second-order valence-electron chi connectivity index (χ2n) is 7.69. The molecular formula is C20H22N8O. The Morgan fingerprint density at radius 2 is 1.72 bits per heavy atom. The van der Waals surface area contributed by atoms with Crippen molar-refractivity contribution in [2.45, 2.75) is 32.9 Å². The minimum Gasteiger partial charge on any atom is -0.367 e. The van der Waals surface area contributed by atoms with Crippen LogP contribution in [-0.4, -0.2) is 54.4 Å². The Kier molecular flexibility index (Phi) is 4.06. The molecule has 0 aromatic carbocycles. The monoisotopic (exact) mass is 390 g/mol. The van der Waals surface area contributed by atoms with Crippen molar-refractivity contribution in [3.63, 3.8) is 0 Å². The highest BCUT2D eigenvalue weighted by Crippen LogP contribution is 2.19. The summed E-state index contributed by atoms with van der Waals surface area (Å²) in [6.07, 6.45) is 1.87. The zero-order valence-electron chi connectivity index (χ0n) is 16.6. The molecule has 1 fully saturated rings. The summed E-state index contributed by atoms with van der Waals surface area (Å²) < 4.78 is 3.05. The molecule has 1 saturated heterocycles. The number of hydrogen-bond acceptors (Lipinski definition) is 7. The predicted molar refractivity (Wildman–Crippen MR) is 110 cm³/mol. The van der Waals surface area contributed by atoms with E-state index >= 15 is 0 Å². The number of aromatic nitrogens is 6. The Bertz CT molecular complexity index is 1270. The molecule has 0 bridgehead atoms. The highest BCUT2D eigenvalue weighted by molar-refractivity contribution is 5.60. The molecule has 4 aromatic rings. The molecule has 1 N–H and O–H groups in total. The molecule has 5 heterocycles. The van der Waals surface area contributed by atoms with Crippen LogP contribution in [0.5, 0.6) is 0 Å². The molecule has 2 atom stereocenters. The number of anilines is 1. The number of pyridine rings is 1. The van der Waals surface area contributed by atoms with Crippen LogP contribution in [0.15, 0.2) is 41.3 Å². The van der Waals surface area contributed by atoms with Crippen LogP contribution >= 0.6 is 0 Å². The molecule has 1 aliphatic heterocycles. The van der Waals surface area contributed by atoms with Crippen LogP contribution in [0.2, 0.25) is 0 Å². The van der Waals surface area contributed by atoms with Gasteiger partial charge in [-0.15, -0.1) is 14.8 Å². The lowest BCUT2D eigenvalue weighted by Crippen LogP contribution is -2.54. The summed E-state index contributed by atoms with van der Waals surface area (Å²) >= 11 is 0. The van der Waals surface area contributed by atoms with E-state index < -0.39 is 0 Å². The van der Waals surface area contributed by atoms with Gasteiger partial charge in [0.2, 0.25) is 0 Å². The number of rotatable bonds is 2. The van der Waals surface area contributed by atoms with Gasteiger partial charge in [-0.05, 0) is 45.0 Å². The molecule has 9 nitrogen and oxygen atoms in total. The molecule has 1 unspecified atom stereocenters. The minimum absolute atomic E-state index is 0.139. The van der Waals surface area contributed by atoms with Crippen molar-refractivity contribution < 1.29 is 0 Å². The maximum atomic E-state index is 12.8. The Balaban J connectivity index is 1.55. The van der Waals surface area contributed by atoms with Crippen molar-refractivity contribution in [1.82, 2.24) is 34.5 Å². The van der Waals surface area contributed by atoms with E-state index in [0.29, 0.717) is 40.6 Å². The smallest absolute Gasteiger partial charge is 0.258 e. The van der Waals surface area contributed by atoms with Crippen LogP contribution in [0.1, 0.15) is 19.7 Å². The van der Waals surface area contributed by atoms with Gasteiger partial charge in [0.1, 0.15) is 17.2 Å². The number of piperazine rings is 1. The first-order valence-electron chi connectivity index (χ1n) is 9.72.